The van der Waals surface area contributed by atoms with Crippen LogP contribution in [0.4, 0.5) is 0 Å². The SMILES string of the molecule is C[N+](C)(C)CC(=O)c1cc2ccc3cccc4ccc(c1)c2c34. The first kappa shape index (κ1) is 14.2. The van der Waals surface area contributed by atoms with Crippen molar-refractivity contribution in [3.8, 4) is 0 Å². The van der Waals surface area contributed by atoms with E-state index in [0.29, 0.717) is 11.0 Å². The quantitative estimate of drug-likeness (QED) is 0.310. The maximum absolute atomic E-state index is 12.6. The number of nitrogens with zero attached hydrogens (tertiary/aromatic N) is 1. The van der Waals surface area contributed by atoms with Gasteiger partial charge in [0.25, 0.3) is 0 Å². The molecular formula is C21H20NO+. The van der Waals surface area contributed by atoms with Crippen LogP contribution in [0.2, 0.25) is 0 Å². The molecule has 0 radical (unpaired) electrons. The fraction of sp³-hybridized carbons (Fsp3) is 0.190. The van der Waals surface area contributed by atoms with Gasteiger partial charge in [0.2, 0.25) is 5.78 Å². The number of rotatable bonds is 3. The molecule has 0 saturated heterocycles. The summed E-state index contributed by atoms with van der Waals surface area (Å²) in [4.78, 5) is 12.6. The van der Waals surface area contributed by atoms with Crippen LogP contribution in [-0.4, -0.2) is 38.0 Å². The number of Topliss-reactive ketones (excluding diaryl/α,β-unsaturated/α-hetero) is 1. The summed E-state index contributed by atoms with van der Waals surface area (Å²) in [5, 5.41) is 7.38. The molecule has 0 spiro atoms. The van der Waals surface area contributed by atoms with E-state index in [9.17, 15) is 4.79 Å². The van der Waals surface area contributed by atoms with Gasteiger partial charge < -0.3 is 4.48 Å². The number of ketones is 1. The highest BCUT2D eigenvalue weighted by molar-refractivity contribution is 6.24. The van der Waals surface area contributed by atoms with Crippen molar-refractivity contribution in [1.82, 2.24) is 0 Å². The van der Waals surface area contributed by atoms with Crippen LogP contribution in [-0.2, 0) is 0 Å². The van der Waals surface area contributed by atoms with Gasteiger partial charge in [0.15, 0.2) is 0 Å². The van der Waals surface area contributed by atoms with Crippen molar-refractivity contribution in [2.75, 3.05) is 27.7 Å². The summed E-state index contributed by atoms with van der Waals surface area (Å²) in [7, 11) is 6.13. The Morgan fingerprint density at radius 2 is 1.26 bits per heavy atom. The molecule has 4 aromatic rings. The van der Waals surface area contributed by atoms with Crippen LogP contribution >= 0.6 is 0 Å². The molecule has 0 heterocycles. The van der Waals surface area contributed by atoms with E-state index in [1.165, 1.54) is 21.5 Å². The van der Waals surface area contributed by atoms with Crippen LogP contribution < -0.4 is 0 Å². The van der Waals surface area contributed by atoms with Crippen molar-refractivity contribution in [2.24, 2.45) is 0 Å². The van der Waals surface area contributed by atoms with E-state index >= 15 is 0 Å². The fourth-order valence-electron chi connectivity index (χ4n) is 3.44. The zero-order valence-electron chi connectivity index (χ0n) is 13.8. The second-order valence-corrected chi connectivity index (χ2v) is 7.38. The second kappa shape index (κ2) is 4.77. The van der Waals surface area contributed by atoms with Crippen molar-refractivity contribution < 1.29 is 9.28 Å². The lowest BCUT2D eigenvalue weighted by molar-refractivity contribution is -0.861. The first-order valence-corrected chi connectivity index (χ1v) is 7.94. The highest BCUT2D eigenvalue weighted by Gasteiger charge is 2.18. The van der Waals surface area contributed by atoms with E-state index in [1.54, 1.807) is 0 Å². The van der Waals surface area contributed by atoms with Gasteiger partial charge in [0, 0.05) is 5.56 Å². The topological polar surface area (TPSA) is 17.1 Å². The predicted molar refractivity (Wildman–Crippen MR) is 97.4 cm³/mol. The molecule has 114 valence electrons. The van der Waals surface area contributed by atoms with Gasteiger partial charge >= 0.3 is 0 Å². The van der Waals surface area contributed by atoms with Gasteiger partial charge in [-0.2, -0.15) is 0 Å². The molecule has 0 aliphatic heterocycles. The Morgan fingerprint density at radius 1 is 0.783 bits per heavy atom. The van der Waals surface area contributed by atoms with Gasteiger partial charge in [-0.1, -0.05) is 42.5 Å². The molecule has 4 aromatic carbocycles. The van der Waals surface area contributed by atoms with Crippen LogP contribution in [0.1, 0.15) is 10.4 Å². The largest absolute Gasteiger partial charge is 0.324 e. The second-order valence-electron chi connectivity index (χ2n) is 7.38. The normalized spacial score (nSPS) is 12.5. The maximum atomic E-state index is 12.6. The van der Waals surface area contributed by atoms with E-state index in [-0.39, 0.29) is 5.78 Å². The third kappa shape index (κ3) is 2.36. The maximum Gasteiger partial charge on any atom is 0.216 e. The van der Waals surface area contributed by atoms with Crippen LogP contribution in [0.15, 0.2) is 54.6 Å². The summed E-state index contributed by atoms with van der Waals surface area (Å²) in [6, 6.07) is 19.1. The number of quaternary nitrogens is 1. The molecule has 0 aliphatic carbocycles. The number of carbonyl (C=O) groups excluding carboxylic acids is 1. The lowest BCUT2D eigenvalue weighted by Crippen LogP contribution is -2.39. The molecule has 0 aromatic heterocycles. The van der Waals surface area contributed by atoms with Crippen molar-refractivity contribution in [3.05, 3.63) is 60.2 Å². The molecule has 0 aliphatic rings. The zero-order valence-corrected chi connectivity index (χ0v) is 13.8. The monoisotopic (exact) mass is 302 g/mol. The van der Waals surface area contributed by atoms with Gasteiger partial charge in [0.05, 0.1) is 21.1 Å². The molecule has 23 heavy (non-hydrogen) atoms. The molecule has 4 rings (SSSR count). The summed E-state index contributed by atoms with van der Waals surface area (Å²) < 4.78 is 0.643. The smallest absolute Gasteiger partial charge is 0.216 e. The molecule has 2 heteroatoms. The average Bonchev–Trinajstić information content (AvgIpc) is 2.50. The van der Waals surface area contributed by atoms with E-state index in [0.717, 1.165) is 16.3 Å². The van der Waals surface area contributed by atoms with Gasteiger partial charge in [-0.3, -0.25) is 4.79 Å². The number of carbonyl (C=O) groups is 1. The van der Waals surface area contributed by atoms with Crippen molar-refractivity contribution in [3.63, 3.8) is 0 Å². The van der Waals surface area contributed by atoms with Crippen LogP contribution in [0.3, 0.4) is 0 Å². The molecule has 0 fully saturated rings. The molecule has 0 unspecified atom stereocenters. The van der Waals surface area contributed by atoms with Gasteiger partial charge in [-0.05, 0) is 44.5 Å². The first-order valence-electron chi connectivity index (χ1n) is 7.94. The number of hydrogen-bond acceptors (Lipinski definition) is 1. The highest BCUT2D eigenvalue weighted by Crippen LogP contribution is 2.35. The Kier molecular flexibility index (Phi) is 2.94. The minimum atomic E-state index is 0.197. The predicted octanol–water partition coefficient (Wildman–Crippen LogP) is 4.47. The highest BCUT2D eigenvalue weighted by atomic mass is 16.1. The van der Waals surface area contributed by atoms with Crippen LogP contribution in [0.5, 0.6) is 0 Å². The summed E-state index contributed by atoms with van der Waals surface area (Å²) in [6.07, 6.45) is 0. The Hall–Kier alpha value is -2.45. The third-order valence-electron chi connectivity index (χ3n) is 4.40. The molecule has 0 atom stereocenters. The fourth-order valence-corrected chi connectivity index (χ4v) is 3.44. The molecule has 0 amide bonds. The Labute approximate surface area is 135 Å². The average molecular weight is 302 g/mol. The lowest BCUT2D eigenvalue weighted by Gasteiger charge is -2.23. The Bertz CT molecular complexity index is 976. The van der Waals surface area contributed by atoms with Gasteiger partial charge in [-0.25, -0.2) is 0 Å². The first-order chi connectivity index (χ1) is 10.9. The minimum Gasteiger partial charge on any atom is -0.324 e. The van der Waals surface area contributed by atoms with E-state index < -0.39 is 0 Å². The lowest BCUT2D eigenvalue weighted by atomic mass is 9.92. The third-order valence-corrected chi connectivity index (χ3v) is 4.40. The van der Waals surface area contributed by atoms with E-state index in [1.807, 2.05) is 33.3 Å². The van der Waals surface area contributed by atoms with Crippen molar-refractivity contribution in [1.29, 1.82) is 0 Å². The van der Waals surface area contributed by atoms with Crippen LogP contribution in [0, 0.1) is 0 Å². The van der Waals surface area contributed by atoms with Crippen molar-refractivity contribution in [2.45, 2.75) is 0 Å². The number of likely N-dealkylation sites (N-methyl/N-ethyl adjacent to an activating group) is 1. The molecule has 0 N–H and O–H groups in total. The van der Waals surface area contributed by atoms with Crippen LogP contribution in [0.25, 0.3) is 32.3 Å². The molecular weight excluding hydrogens is 282 g/mol. The molecule has 0 saturated carbocycles. The zero-order chi connectivity index (χ0) is 16.2. The summed E-state index contributed by atoms with van der Waals surface area (Å²) >= 11 is 0. The van der Waals surface area contributed by atoms with Gasteiger partial charge in [0.1, 0.15) is 6.54 Å². The Morgan fingerprint density at radius 3 is 1.78 bits per heavy atom. The Balaban J connectivity index is 1.98. The summed E-state index contributed by atoms with van der Waals surface area (Å²) in [5.41, 5.74) is 0.809. The summed E-state index contributed by atoms with van der Waals surface area (Å²) in [6.45, 7) is 0.507. The van der Waals surface area contributed by atoms with E-state index in [2.05, 4.69) is 42.5 Å². The summed E-state index contributed by atoms with van der Waals surface area (Å²) in [5.74, 6) is 0.197. The minimum absolute atomic E-state index is 0.197. The molecule has 0 bridgehead atoms. The van der Waals surface area contributed by atoms with E-state index in [4.69, 9.17) is 0 Å². The van der Waals surface area contributed by atoms with Crippen molar-refractivity contribution >= 4 is 38.1 Å². The number of benzene rings is 4. The molecule has 2 nitrogen and oxygen atoms in total. The number of hydrogen-bond donors (Lipinski definition) is 0. The van der Waals surface area contributed by atoms with Gasteiger partial charge in [-0.15, -0.1) is 0 Å². The standard InChI is InChI=1S/C21H20NO/c1-22(2,3)13-19(23)18-11-16-9-7-14-5-4-6-15-8-10-17(12-18)21(16)20(14)15/h4-12H,13H2,1-3H3/q+1.